The van der Waals surface area contributed by atoms with Crippen molar-refractivity contribution in [3.8, 4) is 0 Å². The zero-order valence-electron chi connectivity index (χ0n) is 8.72. The number of benzene rings is 1. The average molecular weight is 227 g/mol. The van der Waals surface area contributed by atoms with Crippen LogP contribution in [0.4, 0.5) is 8.78 Å². The normalized spacial score (nSPS) is 9.94. The lowest BCUT2D eigenvalue weighted by Gasteiger charge is -2.03. The van der Waals surface area contributed by atoms with Crippen molar-refractivity contribution in [2.75, 3.05) is 7.05 Å². The first kappa shape index (κ1) is 12.3. The van der Waals surface area contributed by atoms with Gasteiger partial charge in [-0.25, -0.2) is 8.78 Å². The van der Waals surface area contributed by atoms with Crippen LogP contribution in [0.25, 0.3) is 0 Å². The topological polar surface area (TPSA) is 46.2 Å². The number of ketones is 1. The van der Waals surface area contributed by atoms with Gasteiger partial charge in [0.2, 0.25) is 5.91 Å². The number of rotatable bonds is 4. The lowest BCUT2D eigenvalue weighted by molar-refractivity contribution is -0.120. The van der Waals surface area contributed by atoms with E-state index in [4.69, 9.17) is 0 Å². The molecule has 1 aromatic rings. The highest BCUT2D eigenvalue weighted by Crippen LogP contribution is 2.14. The minimum atomic E-state index is -0.901. The molecule has 0 aliphatic carbocycles. The Labute approximate surface area is 91.5 Å². The van der Waals surface area contributed by atoms with Crippen LogP contribution in [0.2, 0.25) is 0 Å². The average Bonchev–Trinajstić information content (AvgIpc) is 2.25. The molecule has 16 heavy (non-hydrogen) atoms. The second kappa shape index (κ2) is 5.34. The summed E-state index contributed by atoms with van der Waals surface area (Å²) in [5.41, 5.74) is -0.577. The number of Topliss-reactive ketones (excluding diaryl/α,β-unsaturated/α-hetero) is 1. The summed E-state index contributed by atoms with van der Waals surface area (Å²) in [6.45, 7) is 0. The molecule has 1 amide bonds. The molecule has 1 aromatic carbocycles. The lowest BCUT2D eigenvalue weighted by atomic mass is 10.1. The van der Waals surface area contributed by atoms with Gasteiger partial charge in [-0.3, -0.25) is 9.59 Å². The van der Waals surface area contributed by atoms with Crippen molar-refractivity contribution in [1.82, 2.24) is 5.32 Å². The van der Waals surface area contributed by atoms with Crippen LogP contribution in [0.5, 0.6) is 0 Å². The fraction of sp³-hybridized carbons (Fsp3) is 0.273. The predicted octanol–water partition coefficient (Wildman–Crippen LogP) is 1.67. The fourth-order valence-electron chi connectivity index (χ4n) is 1.24. The first-order chi connectivity index (χ1) is 7.56. The van der Waals surface area contributed by atoms with Gasteiger partial charge >= 0.3 is 0 Å². The number of hydrogen-bond donors (Lipinski definition) is 1. The molecule has 0 aromatic heterocycles. The minimum Gasteiger partial charge on any atom is -0.359 e. The van der Waals surface area contributed by atoms with E-state index in [2.05, 4.69) is 5.32 Å². The van der Waals surface area contributed by atoms with Gasteiger partial charge in [0.1, 0.15) is 11.6 Å². The molecule has 0 bridgehead atoms. The van der Waals surface area contributed by atoms with E-state index < -0.39 is 23.0 Å². The van der Waals surface area contributed by atoms with E-state index in [-0.39, 0.29) is 18.7 Å². The van der Waals surface area contributed by atoms with E-state index in [0.717, 1.165) is 12.1 Å². The van der Waals surface area contributed by atoms with Gasteiger partial charge in [0.15, 0.2) is 5.78 Å². The van der Waals surface area contributed by atoms with Crippen LogP contribution in [0.1, 0.15) is 23.2 Å². The molecule has 86 valence electrons. The quantitative estimate of drug-likeness (QED) is 0.795. The number of carbonyl (C=O) groups excluding carboxylic acids is 2. The van der Waals surface area contributed by atoms with Gasteiger partial charge in [0.25, 0.3) is 0 Å². The van der Waals surface area contributed by atoms with Gasteiger partial charge in [-0.2, -0.15) is 0 Å². The van der Waals surface area contributed by atoms with Crippen molar-refractivity contribution in [3.63, 3.8) is 0 Å². The molecule has 0 aliphatic heterocycles. The smallest absolute Gasteiger partial charge is 0.220 e. The molecular weight excluding hydrogens is 216 g/mol. The number of hydrogen-bond acceptors (Lipinski definition) is 2. The summed E-state index contributed by atoms with van der Waals surface area (Å²) < 4.78 is 26.3. The van der Waals surface area contributed by atoms with Gasteiger partial charge < -0.3 is 5.32 Å². The zero-order chi connectivity index (χ0) is 12.1. The van der Waals surface area contributed by atoms with Gasteiger partial charge in [0.05, 0.1) is 5.56 Å². The zero-order valence-corrected chi connectivity index (χ0v) is 8.72. The molecule has 0 aliphatic rings. The molecule has 0 radical (unpaired) electrons. The van der Waals surface area contributed by atoms with E-state index >= 15 is 0 Å². The Balaban J connectivity index is 2.77. The van der Waals surface area contributed by atoms with Gasteiger partial charge in [-0.15, -0.1) is 0 Å². The van der Waals surface area contributed by atoms with Crippen molar-refractivity contribution in [1.29, 1.82) is 0 Å². The van der Waals surface area contributed by atoms with Crippen molar-refractivity contribution < 1.29 is 18.4 Å². The van der Waals surface area contributed by atoms with Crippen LogP contribution in [0, 0.1) is 11.6 Å². The Morgan fingerprint density at radius 3 is 2.25 bits per heavy atom. The molecule has 5 heteroatoms. The molecule has 0 spiro atoms. The van der Waals surface area contributed by atoms with Crippen LogP contribution in [-0.2, 0) is 4.79 Å². The molecular formula is C11H11F2NO2. The number of amides is 1. The Kier molecular flexibility index (Phi) is 4.10. The standard InChI is InChI=1S/C11H11F2NO2/c1-14-10(16)6-5-9(15)11-7(12)3-2-4-8(11)13/h2-4H,5-6H2,1H3,(H,14,16). The van der Waals surface area contributed by atoms with Gasteiger partial charge in [-0.05, 0) is 12.1 Å². The first-order valence-corrected chi connectivity index (χ1v) is 4.74. The maximum absolute atomic E-state index is 13.1. The van der Waals surface area contributed by atoms with Crippen LogP contribution in [0.15, 0.2) is 18.2 Å². The number of nitrogens with one attached hydrogen (secondary N) is 1. The molecule has 1 N–H and O–H groups in total. The summed E-state index contributed by atoms with van der Waals surface area (Å²) in [6, 6.07) is 3.20. The highest BCUT2D eigenvalue weighted by atomic mass is 19.1. The molecule has 0 saturated heterocycles. The Morgan fingerprint density at radius 1 is 1.19 bits per heavy atom. The van der Waals surface area contributed by atoms with E-state index in [1.807, 2.05) is 0 Å². The molecule has 0 saturated carbocycles. The summed E-state index contributed by atoms with van der Waals surface area (Å²) in [5.74, 6) is -2.85. The third-order valence-corrected chi connectivity index (χ3v) is 2.10. The van der Waals surface area contributed by atoms with E-state index in [1.165, 1.54) is 13.1 Å². The summed E-state index contributed by atoms with van der Waals surface area (Å²) in [7, 11) is 1.43. The molecule has 0 fully saturated rings. The number of carbonyl (C=O) groups is 2. The highest BCUT2D eigenvalue weighted by Gasteiger charge is 2.17. The summed E-state index contributed by atoms with van der Waals surface area (Å²) in [4.78, 5) is 22.3. The monoisotopic (exact) mass is 227 g/mol. The van der Waals surface area contributed by atoms with Crippen LogP contribution < -0.4 is 5.32 Å². The van der Waals surface area contributed by atoms with E-state index in [1.54, 1.807) is 0 Å². The first-order valence-electron chi connectivity index (χ1n) is 4.74. The lowest BCUT2D eigenvalue weighted by Crippen LogP contribution is -2.19. The van der Waals surface area contributed by atoms with Gasteiger partial charge in [0, 0.05) is 19.9 Å². The predicted molar refractivity (Wildman–Crippen MR) is 54.0 cm³/mol. The Morgan fingerprint density at radius 2 is 1.75 bits per heavy atom. The summed E-state index contributed by atoms with van der Waals surface area (Å²) in [6.07, 6.45) is -0.291. The maximum Gasteiger partial charge on any atom is 0.220 e. The largest absolute Gasteiger partial charge is 0.359 e. The molecule has 3 nitrogen and oxygen atoms in total. The number of halogens is 2. The van der Waals surface area contributed by atoms with Crippen molar-refractivity contribution in [3.05, 3.63) is 35.4 Å². The summed E-state index contributed by atoms with van der Waals surface area (Å²) >= 11 is 0. The van der Waals surface area contributed by atoms with Crippen LogP contribution in [-0.4, -0.2) is 18.7 Å². The molecule has 0 heterocycles. The second-order valence-corrected chi connectivity index (χ2v) is 3.19. The fourth-order valence-corrected chi connectivity index (χ4v) is 1.24. The van der Waals surface area contributed by atoms with E-state index in [9.17, 15) is 18.4 Å². The van der Waals surface area contributed by atoms with Crippen molar-refractivity contribution in [2.45, 2.75) is 12.8 Å². The molecule has 0 unspecified atom stereocenters. The van der Waals surface area contributed by atoms with E-state index in [0.29, 0.717) is 0 Å². The third kappa shape index (κ3) is 2.85. The third-order valence-electron chi connectivity index (χ3n) is 2.10. The molecule has 0 atom stereocenters. The maximum atomic E-state index is 13.1. The SMILES string of the molecule is CNC(=O)CCC(=O)c1c(F)cccc1F. The van der Waals surface area contributed by atoms with Crippen LogP contribution in [0.3, 0.4) is 0 Å². The van der Waals surface area contributed by atoms with Crippen molar-refractivity contribution in [2.24, 2.45) is 0 Å². The Hall–Kier alpha value is -1.78. The second-order valence-electron chi connectivity index (χ2n) is 3.19. The van der Waals surface area contributed by atoms with Gasteiger partial charge in [-0.1, -0.05) is 6.07 Å². The minimum absolute atomic E-state index is 0.0803. The van der Waals surface area contributed by atoms with Crippen LogP contribution >= 0.6 is 0 Å². The summed E-state index contributed by atoms with van der Waals surface area (Å²) in [5, 5.41) is 2.32. The van der Waals surface area contributed by atoms with Crippen molar-refractivity contribution >= 4 is 11.7 Å². The Bertz CT molecular complexity index is 398. The highest BCUT2D eigenvalue weighted by molar-refractivity contribution is 5.98. The molecule has 1 rings (SSSR count).